The number of para-hydroxylation sites is 1. The third kappa shape index (κ3) is 2.18. The third-order valence-electron chi connectivity index (χ3n) is 2.90. The number of hydrogen-bond acceptors (Lipinski definition) is 2. The monoisotopic (exact) mass is 204 g/mol. The van der Waals surface area contributed by atoms with E-state index in [4.69, 9.17) is 5.73 Å². The molecule has 15 heavy (non-hydrogen) atoms. The highest BCUT2D eigenvalue weighted by molar-refractivity contribution is 5.89. The van der Waals surface area contributed by atoms with Gasteiger partial charge in [0.15, 0.2) is 0 Å². The van der Waals surface area contributed by atoms with E-state index in [1.54, 1.807) is 0 Å². The van der Waals surface area contributed by atoms with E-state index in [-0.39, 0.29) is 5.91 Å². The zero-order valence-corrected chi connectivity index (χ0v) is 8.86. The maximum atomic E-state index is 11.0. The van der Waals surface area contributed by atoms with Gasteiger partial charge in [-0.15, -0.1) is 0 Å². The molecule has 3 N–H and O–H groups in total. The van der Waals surface area contributed by atoms with E-state index in [1.807, 2.05) is 18.2 Å². The fraction of sp³-hybridized carbons (Fsp3) is 0.417. The van der Waals surface area contributed by atoms with Crippen molar-refractivity contribution >= 4 is 11.6 Å². The first kappa shape index (κ1) is 10.2. The first-order valence-electron chi connectivity index (χ1n) is 5.29. The molecular formula is C12H16N2O. The number of carbonyl (C=O) groups excluding carboxylic acids is 1. The van der Waals surface area contributed by atoms with Gasteiger partial charge in [-0.3, -0.25) is 4.79 Å². The molecule has 0 spiro atoms. The van der Waals surface area contributed by atoms with Crippen LogP contribution in [0.5, 0.6) is 0 Å². The minimum atomic E-state index is -0.0209. The molecule has 0 heterocycles. The summed E-state index contributed by atoms with van der Waals surface area (Å²) in [6, 6.07) is 7.97. The molecule has 0 unspecified atom stereocenters. The van der Waals surface area contributed by atoms with Crippen molar-refractivity contribution < 1.29 is 4.79 Å². The second-order valence-electron chi connectivity index (χ2n) is 4.11. The Morgan fingerprint density at radius 1 is 1.53 bits per heavy atom. The molecule has 1 aliphatic rings. The SMILES string of the molecule is CC(=O)Nc1ccccc1[C@H]1C[C@@H]1CN. The molecule has 1 aromatic carbocycles. The van der Waals surface area contributed by atoms with Gasteiger partial charge in [0.1, 0.15) is 0 Å². The van der Waals surface area contributed by atoms with Crippen molar-refractivity contribution in [2.45, 2.75) is 19.3 Å². The fourth-order valence-electron chi connectivity index (χ4n) is 2.01. The zero-order valence-electron chi connectivity index (χ0n) is 8.86. The topological polar surface area (TPSA) is 55.1 Å². The Balaban J connectivity index is 2.19. The van der Waals surface area contributed by atoms with Gasteiger partial charge >= 0.3 is 0 Å². The number of rotatable bonds is 3. The lowest BCUT2D eigenvalue weighted by Gasteiger charge is -2.08. The Labute approximate surface area is 89.7 Å². The average molecular weight is 204 g/mol. The minimum absolute atomic E-state index is 0.0209. The lowest BCUT2D eigenvalue weighted by molar-refractivity contribution is -0.114. The largest absolute Gasteiger partial charge is 0.330 e. The summed E-state index contributed by atoms with van der Waals surface area (Å²) in [5.41, 5.74) is 7.79. The van der Waals surface area contributed by atoms with Crippen molar-refractivity contribution in [1.29, 1.82) is 0 Å². The van der Waals surface area contributed by atoms with Gasteiger partial charge < -0.3 is 11.1 Å². The van der Waals surface area contributed by atoms with Crippen molar-refractivity contribution in [3.8, 4) is 0 Å². The number of benzene rings is 1. The molecule has 1 aromatic rings. The molecule has 0 aliphatic heterocycles. The van der Waals surface area contributed by atoms with Crippen LogP contribution in [-0.2, 0) is 4.79 Å². The van der Waals surface area contributed by atoms with Crippen LogP contribution in [0.3, 0.4) is 0 Å². The lowest BCUT2D eigenvalue weighted by atomic mass is 10.1. The molecular weight excluding hydrogens is 188 g/mol. The summed E-state index contributed by atoms with van der Waals surface area (Å²) in [5.74, 6) is 1.12. The van der Waals surface area contributed by atoms with Crippen molar-refractivity contribution in [3.63, 3.8) is 0 Å². The van der Waals surface area contributed by atoms with Gasteiger partial charge in [0.05, 0.1) is 0 Å². The highest BCUT2D eigenvalue weighted by atomic mass is 16.1. The van der Waals surface area contributed by atoms with Gasteiger partial charge in [-0.2, -0.15) is 0 Å². The second-order valence-corrected chi connectivity index (χ2v) is 4.11. The smallest absolute Gasteiger partial charge is 0.221 e. The molecule has 0 bridgehead atoms. The van der Waals surface area contributed by atoms with Crippen molar-refractivity contribution in [3.05, 3.63) is 29.8 Å². The fourth-order valence-corrected chi connectivity index (χ4v) is 2.01. The van der Waals surface area contributed by atoms with Gasteiger partial charge in [-0.1, -0.05) is 18.2 Å². The highest BCUT2D eigenvalue weighted by Crippen LogP contribution is 2.48. The highest BCUT2D eigenvalue weighted by Gasteiger charge is 2.38. The standard InChI is InChI=1S/C12H16N2O/c1-8(15)14-12-5-3-2-4-10(12)11-6-9(11)7-13/h2-5,9,11H,6-7,13H2,1H3,(H,14,15)/t9-,11+/m1/s1. The molecule has 1 fully saturated rings. The summed E-state index contributed by atoms with van der Waals surface area (Å²) < 4.78 is 0. The maximum absolute atomic E-state index is 11.0. The Bertz CT molecular complexity index is 376. The van der Waals surface area contributed by atoms with Crippen LogP contribution in [0, 0.1) is 5.92 Å². The molecule has 1 aliphatic carbocycles. The van der Waals surface area contributed by atoms with Crippen molar-refractivity contribution in [2.24, 2.45) is 11.7 Å². The Morgan fingerprint density at radius 3 is 2.87 bits per heavy atom. The maximum Gasteiger partial charge on any atom is 0.221 e. The summed E-state index contributed by atoms with van der Waals surface area (Å²) in [5, 5.41) is 2.86. The normalized spacial score (nSPS) is 23.6. The van der Waals surface area contributed by atoms with Crippen LogP contribution in [0.4, 0.5) is 5.69 Å². The molecule has 1 amide bonds. The van der Waals surface area contributed by atoms with Crippen LogP contribution in [0.1, 0.15) is 24.8 Å². The summed E-state index contributed by atoms with van der Waals surface area (Å²) in [6.45, 7) is 2.27. The first-order valence-corrected chi connectivity index (χ1v) is 5.29. The molecule has 0 aromatic heterocycles. The van der Waals surface area contributed by atoms with Crippen LogP contribution in [0.25, 0.3) is 0 Å². The quantitative estimate of drug-likeness (QED) is 0.787. The summed E-state index contributed by atoms with van der Waals surface area (Å²) in [6.07, 6.45) is 1.15. The van der Waals surface area contributed by atoms with Gasteiger partial charge in [-0.25, -0.2) is 0 Å². The molecule has 0 radical (unpaired) electrons. The molecule has 3 nitrogen and oxygen atoms in total. The van der Waals surface area contributed by atoms with Gasteiger partial charge in [0.25, 0.3) is 0 Å². The number of amides is 1. The number of carbonyl (C=O) groups is 1. The zero-order chi connectivity index (χ0) is 10.8. The average Bonchev–Trinajstić information content (AvgIpc) is 2.97. The van der Waals surface area contributed by atoms with E-state index in [9.17, 15) is 4.79 Å². The van der Waals surface area contributed by atoms with E-state index >= 15 is 0 Å². The number of nitrogens with one attached hydrogen (secondary N) is 1. The van der Waals surface area contributed by atoms with E-state index in [1.165, 1.54) is 12.5 Å². The lowest BCUT2D eigenvalue weighted by Crippen LogP contribution is -2.08. The predicted molar refractivity (Wildman–Crippen MR) is 60.6 cm³/mol. The molecule has 80 valence electrons. The first-order chi connectivity index (χ1) is 7.22. The van der Waals surface area contributed by atoms with Gasteiger partial charge in [0.2, 0.25) is 5.91 Å². The number of nitrogens with two attached hydrogens (primary N) is 1. The van der Waals surface area contributed by atoms with Crippen LogP contribution in [-0.4, -0.2) is 12.5 Å². The van der Waals surface area contributed by atoms with Crippen LogP contribution in [0.15, 0.2) is 24.3 Å². The van der Waals surface area contributed by atoms with Crippen molar-refractivity contribution in [1.82, 2.24) is 0 Å². The summed E-state index contributed by atoms with van der Waals surface area (Å²) in [7, 11) is 0. The molecule has 0 saturated heterocycles. The third-order valence-corrected chi connectivity index (χ3v) is 2.90. The van der Waals surface area contributed by atoms with Crippen LogP contribution >= 0.6 is 0 Å². The van der Waals surface area contributed by atoms with Crippen molar-refractivity contribution in [2.75, 3.05) is 11.9 Å². The number of hydrogen-bond donors (Lipinski definition) is 2. The second kappa shape index (κ2) is 4.03. The van der Waals surface area contributed by atoms with E-state index in [2.05, 4.69) is 11.4 Å². The van der Waals surface area contributed by atoms with E-state index in [0.29, 0.717) is 11.8 Å². The van der Waals surface area contributed by atoms with Crippen LogP contribution < -0.4 is 11.1 Å². The van der Waals surface area contributed by atoms with Crippen LogP contribution in [0.2, 0.25) is 0 Å². The molecule has 2 atom stereocenters. The number of anilines is 1. The Hall–Kier alpha value is -1.35. The molecule has 3 heteroatoms. The predicted octanol–water partition coefficient (Wildman–Crippen LogP) is 1.71. The summed E-state index contributed by atoms with van der Waals surface area (Å²) in [4.78, 5) is 11.0. The molecule has 2 rings (SSSR count). The summed E-state index contributed by atoms with van der Waals surface area (Å²) >= 11 is 0. The Morgan fingerprint density at radius 2 is 2.27 bits per heavy atom. The van der Waals surface area contributed by atoms with E-state index < -0.39 is 0 Å². The molecule has 1 saturated carbocycles. The van der Waals surface area contributed by atoms with E-state index in [0.717, 1.165) is 18.7 Å². The Kier molecular flexibility index (Phi) is 2.73. The minimum Gasteiger partial charge on any atom is -0.330 e. The van der Waals surface area contributed by atoms with Gasteiger partial charge in [-0.05, 0) is 36.4 Å². The van der Waals surface area contributed by atoms with Gasteiger partial charge in [0, 0.05) is 12.6 Å².